The molecule has 3 heteroatoms. The second-order valence-corrected chi connectivity index (χ2v) is 3.61. The van der Waals surface area contributed by atoms with E-state index in [0.29, 0.717) is 0 Å². The van der Waals surface area contributed by atoms with Gasteiger partial charge in [-0.25, -0.2) is 4.79 Å². The first kappa shape index (κ1) is 11.2. The Morgan fingerprint density at radius 3 is 2.59 bits per heavy atom. The van der Waals surface area contributed by atoms with Crippen LogP contribution in [0.5, 0.6) is 0 Å². The van der Waals surface area contributed by atoms with Gasteiger partial charge in [-0.1, -0.05) is 30.3 Å². The normalized spacial score (nSPS) is 18.2. The fraction of sp³-hybridized carbons (Fsp3) is 0.0714. The van der Waals surface area contributed by atoms with Gasteiger partial charge in [0.15, 0.2) is 0 Å². The molecule has 17 heavy (non-hydrogen) atoms. The minimum atomic E-state index is -0.947. The van der Waals surface area contributed by atoms with Crippen molar-refractivity contribution in [3.63, 3.8) is 0 Å². The minimum Gasteiger partial charge on any atom is -0.489 e. The molecule has 0 spiro atoms. The molecule has 0 saturated heterocycles. The van der Waals surface area contributed by atoms with Crippen LogP contribution in [-0.2, 0) is 9.53 Å². The lowest BCUT2D eigenvalue weighted by molar-refractivity contribution is -0.131. The van der Waals surface area contributed by atoms with Crippen LogP contribution in [0.15, 0.2) is 54.8 Å². The molecule has 1 unspecified atom stereocenters. The fourth-order valence-corrected chi connectivity index (χ4v) is 1.54. The predicted molar refractivity (Wildman–Crippen MR) is 65.2 cm³/mol. The molecule has 0 aliphatic carbocycles. The summed E-state index contributed by atoms with van der Waals surface area (Å²) in [4.78, 5) is 10.4. The fourth-order valence-electron chi connectivity index (χ4n) is 1.54. The van der Waals surface area contributed by atoms with Crippen LogP contribution in [0.1, 0.15) is 17.2 Å². The van der Waals surface area contributed by atoms with Crippen LogP contribution in [0.25, 0.3) is 6.08 Å². The maximum absolute atomic E-state index is 10.4. The van der Waals surface area contributed by atoms with E-state index in [1.807, 2.05) is 42.5 Å². The summed E-state index contributed by atoms with van der Waals surface area (Å²) in [7, 11) is 0. The van der Waals surface area contributed by atoms with Crippen molar-refractivity contribution in [2.75, 3.05) is 0 Å². The van der Waals surface area contributed by atoms with Gasteiger partial charge in [-0.15, -0.1) is 0 Å². The summed E-state index contributed by atoms with van der Waals surface area (Å²) in [5, 5.41) is 8.51. The van der Waals surface area contributed by atoms with Gasteiger partial charge in [-0.3, -0.25) is 0 Å². The second-order valence-electron chi connectivity index (χ2n) is 3.61. The Labute approximate surface area is 99.3 Å². The standard InChI is InChI=1S/C14H12O3/c15-14(16)9-6-11-4-7-12(8-5-11)13-3-1-2-10-17-13/h1-10,13H,(H,15,16)/b9-6+. The summed E-state index contributed by atoms with van der Waals surface area (Å²) in [5.41, 5.74) is 1.89. The SMILES string of the molecule is O=C(O)/C=C/c1ccc(C2C=CC=CO2)cc1. The van der Waals surface area contributed by atoms with Crippen molar-refractivity contribution in [3.05, 3.63) is 66.0 Å². The summed E-state index contributed by atoms with van der Waals surface area (Å²) >= 11 is 0. The molecule has 0 aromatic heterocycles. The van der Waals surface area contributed by atoms with Crippen LogP contribution >= 0.6 is 0 Å². The Balaban J connectivity index is 2.10. The molecule has 0 radical (unpaired) electrons. The number of carboxylic acid groups (broad SMARTS) is 1. The molecule has 0 fully saturated rings. The highest BCUT2D eigenvalue weighted by molar-refractivity contribution is 5.85. The molecule has 1 heterocycles. The summed E-state index contributed by atoms with van der Waals surface area (Å²) in [6, 6.07) is 7.58. The van der Waals surface area contributed by atoms with Crippen LogP contribution < -0.4 is 0 Å². The van der Waals surface area contributed by atoms with E-state index in [-0.39, 0.29) is 6.10 Å². The molecule has 1 aliphatic rings. The smallest absolute Gasteiger partial charge is 0.328 e. The number of benzene rings is 1. The second kappa shape index (κ2) is 5.16. The number of hydrogen-bond acceptors (Lipinski definition) is 2. The van der Waals surface area contributed by atoms with E-state index < -0.39 is 5.97 Å². The van der Waals surface area contributed by atoms with Crippen LogP contribution in [0, 0.1) is 0 Å². The van der Waals surface area contributed by atoms with Gasteiger partial charge in [-0.2, -0.15) is 0 Å². The first-order valence-electron chi connectivity index (χ1n) is 5.25. The van der Waals surface area contributed by atoms with Crippen molar-refractivity contribution in [1.82, 2.24) is 0 Å². The average Bonchev–Trinajstić information content (AvgIpc) is 2.38. The highest BCUT2D eigenvalue weighted by atomic mass is 16.5. The number of carboxylic acids is 1. The van der Waals surface area contributed by atoms with Crippen molar-refractivity contribution in [1.29, 1.82) is 0 Å². The topological polar surface area (TPSA) is 46.5 Å². The zero-order chi connectivity index (χ0) is 12.1. The Kier molecular flexibility index (Phi) is 3.40. The van der Waals surface area contributed by atoms with Gasteiger partial charge in [0, 0.05) is 6.08 Å². The molecule has 0 saturated carbocycles. The van der Waals surface area contributed by atoms with E-state index in [4.69, 9.17) is 9.84 Å². The lowest BCUT2D eigenvalue weighted by Crippen LogP contribution is -1.98. The number of aliphatic carboxylic acids is 1. The Morgan fingerprint density at radius 2 is 2.00 bits per heavy atom. The Morgan fingerprint density at radius 1 is 1.24 bits per heavy atom. The summed E-state index contributed by atoms with van der Waals surface area (Å²) < 4.78 is 5.42. The number of hydrogen-bond donors (Lipinski definition) is 1. The Bertz CT molecular complexity index is 481. The first-order chi connectivity index (χ1) is 8.25. The largest absolute Gasteiger partial charge is 0.489 e. The molecule has 3 nitrogen and oxygen atoms in total. The summed E-state index contributed by atoms with van der Waals surface area (Å²) in [6.07, 6.45) is 10.0. The maximum atomic E-state index is 10.4. The highest BCUT2D eigenvalue weighted by Crippen LogP contribution is 2.22. The molecule has 1 aromatic rings. The van der Waals surface area contributed by atoms with Crippen LogP contribution in [-0.4, -0.2) is 11.1 Å². The third-order valence-corrected chi connectivity index (χ3v) is 2.38. The zero-order valence-corrected chi connectivity index (χ0v) is 9.11. The molecular weight excluding hydrogens is 216 g/mol. The van der Waals surface area contributed by atoms with Crippen molar-refractivity contribution in [3.8, 4) is 0 Å². The van der Waals surface area contributed by atoms with E-state index in [2.05, 4.69) is 0 Å². The van der Waals surface area contributed by atoms with Crippen molar-refractivity contribution < 1.29 is 14.6 Å². The third-order valence-electron chi connectivity index (χ3n) is 2.38. The van der Waals surface area contributed by atoms with Crippen molar-refractivity contribution >= 4 is 12.0 Å². The number of rotatable bonds is 3. The van der Waals surface area contributed by atoms with Gasteiger partial charge in [0.05, 0.1) is 6.26 Å². The number of allylic oxidation sites excluding steroid dienone is 2. The van der Waals surface area contributed by atoms with E-state index in [9.17, 15) is 4.79 Å². The number of ether oxygens (including phenoxy) is 1. The summed E-state index contributed by atoms with van der Waals surface area (Å²) in [5.74, 6) is -0.947. The first-order valence-corrected chi connectivity index (χ1v) is 5.25. The van der Waals surface area contributed by atoms with E-state index in [0.717, 1.165) is 17.2 Å². The van der Waals surface area contributed by atoms with Gasteiger partial charge < -0.3 is 9.84 Å². The highest BCUT2D eigenvalue weighted by Gasteiger charge is 2.08. The van der Waals surface area contributed by atoms with Gasteiger partial charge in [0.2, 0.25) is 0 Å². The molecule has 1 aromatic carbocycles. The average molecular weight is 228 g/mol. The maximum Gasteiger partial charge on any atom is 0.328 e. The Hall–Kier alpha value is -2.29. The molecule has 86 valence electrons. The zero-order valence-electron chi connectivity index (χ0n) is 9.11. The van der Waals surface area contributed by atoms with E-state index in [1.165, 1.54) is 0 Å². The van der Waals surface area contributed by atoms with Crippen LogP contribution in [0.4, 0.5) is 0 Å². The van der Waals surface area contributed by atoms with Gasteiger partial charge in [0.1, 0.15) is 6.10 Å². The molecule has 0 bridgehead atoms. The molecule has 1 atom stereocenters. The molecule has 2 rings (SSSR count). The molecule has 0 amide bonds. The third kappa shape index (κ3) is 3.08. The molecule has 1 N–H and O–H groups in total. The van der Waals surface area contributed by atoms with Crippen LogP contribution in [0.2, 0.25) is 0 Å². The molecule has 1 aliphatic heterocycles. The van der Waals surface area contributed by atoms with E-state index in [1.54, 1.807) is 12.3 Å². The van der Waals surface area contributed by atoms with Gasteiger partial charge >= 0.3 is 5.97 Å². The lowest BCUT2D eigenvalue weighted by atomic mass is 10.1. The predicted octanol–water partition coefficient (Wildman–Crippen LogP) is 2.93. The van der Waals surface area contributed by atoms with E-state index >= 15 is 0 Å². The lowest BCUT2D eigenvalue weighted by Gasteiger charge is -2.15. The summed E-state index contributed by atoms with van der Waals surface area (Å²) in [6.45, 7) is 0. The molecular formula is C14H12O3. The quantitative estimate of drug-likeness (QED) is 0.809. The van der Waals surface area contributed by atoms with Crippen LogP contribution in [0.3, 0.4) is 0 Å². The van der Waals surface area contributed by atoms with Gasteiger partial charge in [0.25, 0.3) is 0 Å². The monoisotopic (exact) mass is 228 g/mol. The van der Waals surface area contributed by atoms with Gasteiger partial charge in [-0.05, 0) is 29.4 Å². The van der Waals surface area contributed by atoms with Crippen molar-refractivity contribution in [2.45, 2.75) is 6.10 Å². The number of carbonyl (C=O) groups is 1. The van der Waals surface area contributed by atoms with Crippen molar-refractivity contribution in [2.24, 2.45) is 0 Å². The minimum absolute atomic E-state index is 0.0579.